The minimum atomic E-state index is -0.902. The smallest absolute Gasteiger partial charge is 0.329 e. The fraction of sp³-hybridized carbons (Fsp3) is 0.118. The molecule has 0 bridgehead atoms. The summed E-state index contributed by atoms with van der Waals surface area (Å²) in [6.45, 7) is 1.76. The van der Waals surface area contributed by atoms with Gasteiger partial charge < -0.3 is 5.32 Å². The third kappa shape index (κ3) is 5.24. The van der Waals surface area contributed by atoms with Crippen LogP contribution in [-0.4, -0.2) is 23.0 Å². The zero-order chi connectivity index (χ0) is 18.2. The number of benzene rings is 2. The lowest BCUT2D eigenvalue weighted by molar-refractivity contribution is -0.384. The summed E-state index contributed by atoms with van der Waals surface area (Å²) in [5.74, 6) is -1.71. The highest BCUT2D eigenvalue weighted by molar-refractivity contribution is 6.35. The molecule has 0 spiro atoms. The zero-order valence-corrected chi connectivity index (χ0v) is 13.4. The van der Waals surface area contributed by atoms with Crippen molar-refractivity contribution >= 4 is 23.7 Å². The van der Waals surface area contributed by atoms with Crippen LogP contribution in [0.1, 0.15) is 24.1 Å². The Morgan fingerprint density at radius 2 is 1.72 bits per heavy atom. The predicted molar refractivity (Wildman–Crippen MR) is 91.8 cm³/mol. The number of nitro groups is 1. The van der Waals surface area contributed by atoms with Crippen LogP contribution < -0.4 is 10.7 Å². The highest BCUT2D eigenvalue weighted by Crippen LogP contribution is 2.11. The maximum Gasteiger partial charge on any atom is 0.329 e. The Morgan fingerprint density at radius 3 is 2.32 bits per heavy atom. The molecule has 2 N–H and O–H groups in total. The summed E-state index contributed by atoms with van der Waals surface area (Å²) in [5, 5.41) is 16.8. The van der Waals surface area contributed by atoms with Gasteiger partial charge in [0.2, 0.25) is 0 Å². The largest absolute Gasteiger partial charge is 0.341 e. The molecule has 8 heteroatoms. The van der Waals surface area contributed by atoms with Crippen molar-refractivity contribution in [3.8, 4) is 0 Å². The second kappa shape index (κ2) is 8.34. The third-order valence-electron chi connectivity index (χ3n) is 3.34. The molecular formula is C17H16N4O4. The molecule has 2 aromatic carbocycles. The average Bonchev–Trinajstić information content (AvgIpc) is 2.62. The lowest BCUT2D eigenvalue weighted by Gasteiger charge is -2.13. The number of hydrogen-bond acceptors (Lipinski definition) is 5. The van der Waals surface area contributed by atoms with Gasteiger partial charge in [0.25, 0.3) is 5.69 Å². The van der Waals surface area contributed by atoms with Crippen LogP contribution in [0.25, 0.3) is 0 Å². The quantitative estimate of drug-likeness (QED) is 0.374. The molecule has 0 aliphatic carbocycles. The Hall–Kier alpha value is -3.55. The van der Waals surface area contributed by atoms with Crippen LogP contribution in [0.3, 0.4) is 0 Å². The van der Waals surface area contributed by atoms with E-state index in [0.29, 0.717) is 5.56 Å². The first kappa shape index (κ1) is 17.8. The molecule has 0 fully saturated rings. The van der Waals surface area contributed by atoms with Crippen LogP contribution in [-0.2, 0) is 9.59 Å². The van der Waals surface area contributed by atoms with Gasteiger partial charge in [0.15, 0.2) is 0 Å². The number of hydrogen-bond donors (Lipinski definition) is 2. The Bertz CT molecular complexity index is 788. The maximum atomic E-state index is 11.8. The second-order valence-corrected chi connectivity index (χ2v) is 5.15. The number of nitrogens with zero attached hydrogens (tertiary/aromatic N) is 2. The first-order chi connectivity index (χ1) is 12.0. The molecule has 0 aliphatic rings. The van der Waals surface area contributed by atoms with E-state index in [2.05, 4.69) is 15.8 Å². The van der Waals surface area contributed by atoms with E-state index in [9.17, 15) is 19.7 Å². The van der Waals surface area contributed by atoms with Crippen molar-refractivity contribution in [3.05, 3.63) is 75.8 Å². The summed E-state index contributed by atoms with van der Waals surface area (Å²) in [6.07, 6.45) is 1.29. The van der Waals surface area contributed by atoms with Crippen molar-refractivity contribution in [2.75, 3.05) is 0 Å². The van der Waals surface area contributed by atoms with Gasteiger partial charge in [0.1, 0.15) is 0 Å². The first-order valence-corrected chi connectivity index (χ1v) is 7.40. The summed E-state index contributed by atoms with van der Waals surface area (Å²) in [6, 6.07) is 14.5. The van der Waals surface area contributed by atoms with Crippen LogP contribution in [0.4, 0.5) is 5.69 Å². The zero-order valence-electron chi connectivity index (χ0n) is 13.4. The lowest BCUT2D eigenvalue weighted by Crippen LogP contribution is -2.39. The molecule has 1 atom stereocenters. The summed E-state index contributed by atoms with van der Waals surface area (Å²) in [5.41, 5.74) is 3.48. The normalized spacial score (nSPS) is 11.7. The topological polar surface area (TPSA) is 114 Å². The van der Waals surface area contributed by atoms with Crippen molar-refractivity contribution in [2.24, 2.45) is 5.10 Å². The molecule has 25 heavy (non-hydrogen) atoms. The summed E-state index contributed by atoms with van der Waals surface area (Å²) in [7, 11) is 0. The van der Waals surface area contributed by atoms with Crippen LogP contribution in [0, 0.1) is 10.1 Å². The summed E-state index contributed by atoms with van der Waals surface area (Å²) < 4.78 is 0. The van der Waals surface area contributed by atoms with Gasteiger partial charge >= 0.3 is 11.8 Å². The molecule has 0 saturated carbocycles. The number of nitrogens with one attached hydrogen (secondary N) is 2. The standard InChI is InChI=1S/C17H16N4O4/c1-12(14-5-3-2-4-6-14)19-16(22)17(23)20-18-11-13-7-9-15(10-8-13)21(24)25/h2-12H,1H3,(H,19,22)(H,20,23)/t12-/m1/s1. The Morgan fingerprint density at radius 1 is 1.08 bits per heavy atom. The number of rotatable bonds is 5. The molecule has 0 unspecified atom stereocenters. The molecule has 0 saturated heterocycles. The van der Waals surface area contributed by atoms with E-state index in [1.54, 1.807) is 6.92 Å². The van der Waals surface area contributed by atoms with Crippen molar-refractivity contribution in [3.63, 3.8) is 0 Å². The first-order valence-electron chi connectivity index (χ1n) is 7.40. The van der Waals surface area contributed by atoms with E-state index in [4.69, 9.17) is 0 Å². The molecule has 0 radical (unpaired) electrons. The van der Waals surface area contributed by atoms with E-state index < -0.39 is 16.7 Å². The van der Waals surface area contributed by atoms with Crippen LogP contribution in [0.15, 0.2) is 59.7 Å². The summed E-state index contributed by atoms with van der Waals surface area (Å²) in [4.78, 5) is 33.6. The van der Waals surface area contributed by atoms with Crippen molar-refractivity contribution in [1.29, 1.82) is 0 Å². The van der Waals surface area contributed by atoms with E-state index in [-0.39, 0.29) is 11.7 Å². The van der Waals surface area contributed by atoms with Crippen LogP contribution >= 0.6 is 0 Å². The Balaban J connectivity index is 1.86. The molecule has 8 nitrogen and oxygen atoms in total. The molecule has 2 rings (SSSR count). The second-order valence-electron chi connectivity index (χ2n) is 5.15. The van der Waals surface area contributed by atoms with Crippen LogP contribution in [0.5, 0.6) is 0 Å². The van der Waals surface area contributed by atoms with Crippen molar-refractivity contribution in [1.82, 2.24) is 10.7 Å². The van der Waals surface area contributed by atoms with Gasteiger partial charge in [0, 0.05) is 12.1 Å². The van der Waals surface area contributed by atoms with E-state index in [0.717, 1.165) is 5.56 Å². The van der Waals surface area contributed by atoms with Crippen molar-refractivity contribution in [2.45, 2.75) is 13.0 Å². The molecule has 2 aromatic rings. The van der Waals surface area contributed by atoms with E-state index in [1.165, 1.54) is 30.5 Å². The van der Waals surface area contributed by atoms with Gasteiger partial charge in [-0.3, -0.25) is 19.7 Å². The molecule has 0 aliphatic heterocycles. The van der Waals surface area contributed by atoms with E-state index in [1.807, 2.05) is 30.3 Å². The van der Waals surface area contributed by atoms with Gasteiger partial charge in [-0.15, -0.1) is 0 Å². The fourth-order valence-corrected chi connectivity index (χ4v) is 1.99. The predicted octanol–water partition coefficient (Wildman–Crippen LogP) is 1.92. The number of amides is 2. The minimum Gasteiger partial charge on any atom is -0.341 e. The fourth-order valence-electron chi connectivity index (χ4n) is 1.99. The molecular weight excluding hydrogens is 324 g/mol. The highest BCUT2D eigenvalue weighted by atomic mass is 16.6. The SMILES string of the molecule is C[C@@H](NC(=O)C(=O)NN=Cc1ccc([N+](=O)[O-])cc1)c1ccccc1. The Labute approximate surface area is 143 Å². The van der Waals surface area contributed by atoms with Gasteiger partial charge in [-0.05, 0) is 30.2 Å². The van der Waals surface area contributed by atoms with Gasteiger partial charge in [-0.1, -0.05) is 30.3 Å². The third-order valence-corrected chi connectivity index (χ3v) is 3.34. The number of hydrazone groups is 1. The summed E-state index contributed by atoms with van der Waals surface area (Å²) >= 11 is 0. The van der Waals surface area contributed by atoms with Gasteiger partial charge in [0.05, 0.1) is 17.2 Å². The number of carbonyl (C=O) groups excluding carboxylic acids is 2. The minimum absolute atomic E-state index is 0.0459. The van der Waals surface area contributed by atoms with Gasteiger partial charge in [-0.25, -0.2) is 5.43 Å². The number of carbonyl (C=O) groups is 2. The molecule has 2 amide bonds. The highest BCUT2D eigenvalue weighted by Gasteiger charge is 2.16. The molecule has 0 aromatic heterocycles. The van der Waals surface area contributed by atoms with E-state index >= 15 is 0 Å². The monoisotopic (exact) mass is 340 g/mol. The number of nitro benzene ring substituents is 1. The average molecular weight is 340 g/mol. The van der Waals surface area contributed by atoms with Gasteiger partial charge in [-0.2, -0.15) is 5.10 Å². The number of non-ortho nitro benzene ring substituents is 1. The maximum absolute atomic E-state index is 11.8. The molecule has 128 valence electrons. The van der Waals surface area contributed by atoms with Crippen LogP contribution in [0.2, 0.25) is 0 Å². The van der Waals surface area contributed by atoms with Crippen molar-refractivity contribution < 1.29 is 14.5 Å². The molecule has 0 heterocycles. The lowest BCUT2D eigenvalue weighted by atomic mass is 10.1. The Kier molecular flexibility index (Phi) is 5.94.